The van der Waals surface area contributed by atoms with E-state index in [0.717, 1.165) is 6.54 Å². The van der Waals surface area contributed by atoms with Crippen molar-refractivity contribution in [3.05, 3.63) is 35.4 Å². The molecule has 1 N–H and O–H groups in total. The van der Waals surface area contributed by atoms with Crippen LogP contribution in [-0.4, -0.2) is 12.1 Å². The number of rotatable bonds is 5. The van der Waals surface area contributed by atoms with E-state index in [1.807, 2.05) is 0 Å². The predicted molar refractivity (Wildman–Crippen MR) is 76.6 cm³/mol. The van der Waals surface area contributed by atoms with Crippen molar-refractivity contribution in [3.8, 4) is 0 Å². The van der Waals surface area contributed by atoms with Gasteiger partial charge >= 0.3 is 0 Å². The van der Waals surface area contributed by atoms with E-state index in [0.29, 0.717) is 5.92 Å². The molecule has 17 heavy (non-hydrogen) atoms. The van der Waals surface area contributed by atoms with Gasteiger partial charge in [-0.15, -0.1) is 0 Å². The van der Waals surface area contributed by atoms with E-state index in [1.165, 1.54) is 24.0 Å². The molecule has 0 fully saturated rings. The second-order valence-corrected chi connectivity index (χ2v) is 6.02. The monoisotopic (exact) mass is 233 g/mol. The summed E-state index contributed by atoms with van der Waals surface area (Å²) in [6, 6.07) is 9.10. The molecule has 0 saturated carbocycles. The average molecular weight is 233 g/mol. The lowest BCUT2D eigenvalue weighted by molar-refractivity contribution is 0.412. The van der Waals surface area contributed by atoms with E-state index < -0.39 is 0 Å². The maximum absolute atomic E-state index is 3.56. The lowest BCUT2D eigenvalue weighted by Gasteiger charge is -2.23. The Hall–Kier alpha value is -0.820. The highest BCUT2D eigenvalue weighted by Gasteiger charge is 2.12. The van der Waals surface area contributed by atoms with Gasteiger partial charge in [0.25, 0.3) is 0 Å². The van der Waals surface area contributed by atoms with Crippen LogP contribution < -0.4 is 5.32 Å². The lowest BCUT2D eigenvalue weighted by atomic mass is 9.97. The van der Waals surface area contributed by atoms with E-state index in [2.05, 4.69) is 64.2 Å². The highest BCUT2D eigenvalue weighted by molar-refractivity contribution is 5.25. The van der Waals surface area contributed by atoms with Crippen LogP contribution in [0.25, 0.3) is 0 Å². The Morgan fingerprint density at radius 2 is 1.71 bits per heavy atom. The molecular weight excluding hydrogens is 206 g/mol. The molecule has 1 heteroatoms. The highest BCUT2D eigenvalue weighted by Crippen LogP contribution is 2.16. The summed E-state index contributed by atoms with van der Waals surface area (Å²) in [6.07, 6.45) is 2.41. The van der Waals surface area contributed by atoms with Crippen molar-refractivity contribution in [2.75, 3.05) is 6.54 Å². The molecule has 0 spiro atoms. The van der Waals surface area contributed by atoms with Crippen molar-refractivity contribution >= 4 is 0 Å². The van der Waals surface area contributed by atoms with Gasteiger partial charge in [0.2, 0.25) is 0 Å². The average Bonchev–Trinajstić information content (AvgIpc) is 2.26. The van der Waals surface area contributed by atoms with Crippen molar-refractivity contribution < 1.29 is 0 Å². The highest BCUT2D eigenvalue weighted by atomic mass is 14.9. The Morgan fingerprint density at radius 1 is 1.12 bits per heavy atom. The molecule has 0 aliphatic heterocycles. The Kier molecular flexibility index (Phi) is 5.20. The van der Waals surface area contributed by atoms with Gasteiger partial charge in [0.05, 0.1) is 0 Å². The molecule has 0 aliphatic rings. The quantitative estimate of drug-likeness (QED) is 0.806. The normalized spacial score (nSPS) is 13.7. The largest absolute Gasteiger partial charge is 0.311 e. The molecule has 1 aromatic rings. The molecule has 0 aromatic heterocycles. The lowest BCUT2D eigenvalue weighted by Crippen LogP contribution is -2.38. The molecule has 1 atom stereocenters. The van der Waals surface area contributed by atoms with Crippen LogP contribution in [0.4, 0.5) is 0 Å². The van der Waals surface area contributed by atoms with Gasteiger partial charge in [-0.25, -0.2) is 0 Å². The first-order valence-corrected chi connectivity index (χ1v) is 6.76. The smallest absolute Gasteiger partial charge is 0.00967 e. The van der Waals surface area contributed by atoms with Crippen molar-refractivity contribution in [3.63, 3.8) is 0 Å². The van der Waals surface area contributed by atoms with Crippen LogP contribution in [-0.2, 0) is 6.42 Å². The maximum atomic E-state index is 3.56. The van der Waals surface area contributed by atoms with Gasteiger partial charge in [-0.2, -0.15) is 0 Å². The maximum Gasteiger partial charge on any atom is 0.00967 e. The van der Waals surface area contributed by atoms with Gasteiger partial charge in [-0.05, 0) is 44.2 Å². The zero-order chi connectivity index (χ0) is 12.9. The summed E-state index contributed by atoms with van der Waals surface area (Å²) in [5.74, 6) is 0.574. The molecule has 0 radical (unpaired) electrons. The summed E-state index contributed by atoms with van der Waals surface area (Å²) in [4.78, 5) is 0. The number of nitrogens with one attached hydrogen (secondary N) is 1. The first kappa shape index (κ1) is 14.2. The molecule has 1 aromatic carbocycles. The molecule has 1 rings (SSSR count). The number of hydrogen-bond donors (Lipinski definition) is 1. The third-order valence-electron chi connectivity index (χ3n) is 3.03. The first-order valence-electron chi connectivity index (χ1n) is 6.76. The van der Waals surface area contributed by atoms with Crippen LogP contribution >= 0.6 is 0 Å². The minimum Gasteiger partial charge on any atom is -0.311 e. The fourth-order valence-corrected chi connectivity index (χ4v) is 1.88. The molecule has 1 unspecified atom stereocenters. The molecule has 0 bridgehead atoms. The van der Waals surface area contributed by atoms with Gasteiger partial charge in [0.15, 0.2) is 0 Å². The minimum absolute atomic E-state index is 0.205. The van der Waals surface area contributed by atoms with Gasteiger partial charge in [-0.3, -0.25) is 0 Å². The van der Waals surface area contributed by atoms with Crippen LogP contribution in [0.15, 0.2) is 24.3 Å². The summed E-state index contributed by atoms with van der Waals surface area (Å²) in [6.45, 7) is 12.2. The van der Waals surface area contributed by atoms with Crippen molar-refractivity contribution in [1.29, 1.82) is 0 Å². The second-order valence-electron chi connectivity index (χ2n) is 6.02. The van der Waals surface area contributed by atoms with E-state index in [-0.39, 0.29) is 5.54 Å². The SMILES string of the molecule is CCCc1ccc(C(C)CNC(C)(C)C)cc1. The zero-order valence-corrected chi connectivity index (χ0v) is 12.0. The fourth-order valence-electron chi connectivity index (χ4n) is 1.88. The topological polar surface area (TPSA) is 12.0 Å². The first-order chi connectivity index (χ1) is 7.92. The molecule has 0 heterocycles. The van der Waals surface area contributed by atoms with Gasteiger partial charge < -0.3 is 5.32 Å². The Balaban J connectivity index is 2.54. The second kappa shape index (κ2) is 6.20. The van der Waals surface area contributed by atoms with Crippen LogP contribution in [0.1, 0.15) is 58.1 Å². The number of benzene rings is 1. The summed E-state index contributed by atoms with van der Waals surface area (Å²) in [5, 5.41) is 3.56. The van der Waals surface area contributed by atoms with Crippen LogP contribution in [0, 0.1) is 0 Å². The Labute approximate surface area is 107 Å². The molecule has 1 nitrogen and oxygen atoms in total. The van der Waals surface area contributed by atoms with Gasteiger partial charge in [-0.1, -0.05) is 44.5 Å². The van der Waals surface area contributed by atoms with Crippen molar-refractivity contribution in [2.45, 2.75) is 58.9 Å². The summed E-state index contributed by atoms with van der Waals surface area (Å²) >= 11 is 0. The molecule has 0 saturated heterocycles. The summed E-state index contributed by atoms with van der Waals surface area (Å²) < 4.78 is 0. The molecule has 0 amide bonds. The predicted octanol–water partition coefficient (Wildman–Crippen LogP) is 4.13. The summed E-state index contributed by atoms with van der Waals surface area (Å²) in [5.41, 5.74) is 3.09. The molecule has 96 valence electrons. The summed E-state index contributed by atoms with van der Waals surface area (Å²) in [7, 11) is 0. The van der Waals surface area contributed by atoms with Crippen LogP contribution in [0.5, 0.6) is 0 Å². The molecular formula is C16H27N. The van der Waals surface area contributed by atoms with E-state index in [1.54, 1.807) is 0 Å². The van der Waals surface area contributed by atoms with Crippen molar-refractivity contribution in [2.24, 2.45) is 0 Å². The Bertz CT molecular complexity index is 318. The van der Waals surface area contributed by atoms with Crippen molar-refractivity contribution in [1.82, 2.24) is 5.32 Å². The van der Waals surface area contributed by atoms with Crippen LogP contribution in [0.2, 0.25) is 0 Å². The fraction of sp³-hybridized carbons (Fsp3) is 0.625. The number of hydrogen-bond acceptors (Lipinski definition) is 1. The molecule has 0 aliphatic carbocycles. The van der Waals surface area contributed by atoms with E-state index >= 15 is 0 Å². The minimum atomic E-state index is 0.205. The third-order valence-corrected chi connectivity index (χ3v) is 3.03. The van der Waals surface area contributed by atoms with E-state index in [9.17, 15) is 0 Å². The van der Waals surface area contributed by atoms with E-state index in [4.69, 9.17) is 0 Å². The van der Waals surface area contributed by atoms with Gasteiger partial charge in [0.1, 0.15) is 0 Å². The zero-order valence-electron chi connectivity index (χ0n) is 12.0. The Morgan fingerprint density at radius 3 is 2.18 bits per heavy atom. The third kappa shape index (κ3) is 5.36. The van der Waals surface area contributed by atoms with Gasteiger partial charge in [0, 0.05) is 12.1 Å². The standard InChI is InChI=1S/C16H27N/c1-6-7-14-8-10-15(11-9-14)13(2)12-17-16(3,4)5/h8-11,13,17H,6-7,12H2,1-5H3. The number of aryl methyl sites for hydroxylation is 1. The van der Waals surface area contributed by atoms with Crippen LogP contribution in [0.3, 0.4) is 0 Å².